The highest BCUT2D eigenvalue weighted by atomic mass is 32.2. The van der Waals surface area contributed by atoms with Crippen LogP contribution in [0.25, 0.3) is 0 Å². The number of rotatable bonds is 1. The quantitative estimate of drug-likeness (QED) is 0.550. The maximum Gasteiger partial charge on any atom is 0.0990 e. The Bertz CT molecular complexity index is 244. The number of hydrogen-bond donors (Lipinski definition) is 1. The van der Waals surface area contributed by atoms with Gasteiger partial charge in [0.25, 0.3) is 0 Å². The van der Waals surface area contributed by atoms with Gasteiger partial charge < -0.3 is 4.90 Å². The molecule has 3 heteroatoms. The Kier molecular flexibility index (Phi) is 3.29. The molecular formula is C12H22N2S. The minimum atomic E-state index is 0.336. The van der Waals surface area contributed by atoms with Gasteiger partial charge in [-0.3, -0.25) is 5.41 Å². The SMILES string of the molecule is CC1(C)CN(C(=N)C2CCCC2)CCS1. The van der Waals surface area contributed by atoms with Gasteiger partial charge >= 0.3 is 0 Å². The molecule has 2 aliphatic rings. The van der Waals surface area contributed by atoms with Crippen LogP contribution in [0.1, 0.15) is 39.5 Å². The third kappa shape index (κ3) is 2.68. The summed E-state index contributed by atoms with van der Waals surface area (Å²) in [5, 5.41) is 8.27. The second kappa shape index (κ2) is 4.36. The van der Waals surface area contributed by atoms with Crippen molar-refractivity contribution in [1.82, 2.24) is 4.90 Å². The Morgan fingerprint density at radius 3 is 2.60 bits per heavy atom. The summed E-state index contributed by atoms with van der Waals surface area (Å²) in [6.45, 7) is 6.74. The molecule has 0 radical (unpaired) electrons. The summed E-state index contributed by atoms with van der Waals surface area (Å²) in [7, 11) is 0. The minimum absolute atomic E-state index is 0.336. The molecule has 2 rings (SSSR count). The van der Waals surface area contributed by atoms with Crippen LogP contribution in [0.5, 0.6) is 0 Å². The van der Waals surface area contributed by atoms with E-state index in [1.165, 1.54) is 31.4 Å². The fourth-order valence-electron chi connectivity index (χ4n) is 2.68. The lowest BCUT2D eigenvalue weighted by atomic mass is 10.0. The Morgan fingerprint density at radius 2 is 2.00 bits per heavy atom. The van der Waals surface area contributed by atoms with Crippen LogP contribution in [0, 0.1) is 11.3 Å². The molecule has 1 saturated heterocycles. The molecular weight excluding hydrogens is 204 g/mol. The molecule has 86 valence electrons. The number of amidine groups is 1. The molecule has 0 bridgehead atoms. The summed E-state index contributed by atoms with van der Waals surface area (Å²) in [6, 6.07) is 0. The molecule has 1 N–H and O–H groups in total. The molecule has 0 unspecified atom stereocenters. The van der Waals surface area contributed by atoms with Gasteiger partial charge in [0.1, 0.15) is 0 Å². The fourth-order valence-corrected chi connectivity index (χ4v) is 3.79. The highest BCUT2D eigenvalue weighted by Crippen LogP contribution is 2.33. The molecule has 1 saturated carbocycles. The van der Waals surface area contributed by atoms with Crippen molar-refractivity contribution in [2.24, 2.45) is 5.92 Å². The summed E-state index contributed by atoms with van der Waals surface area (Å²) >= 11 is 2.05. The Morgan fingerprint density at radius 1 is 1.33 bits per heavy atom. The molecule has 0 amide bonds. The molecule has 2 nitrogen and oxygen atoms in total. The van der Waals surface area contributed by atoms with Gasteiger partial charge in [-0.2, -0.15) is 11.8 Å². The van der Waals surface area contributed by atoms with Gasteiger partial charge in [0.2, 0.25) is 0 Å². The zero-order valence-corrected chi connectivity index (χ0v) is 10.7. The monoisotopic (exact) mass is 226 g/mol. The van der Waals surface area contributed by atoms with Gasteiger partial charge in [-0.15, -0.1) is 0 Å². The first-order valence-electron chi connectivity index (χ1n) is 6.06. The van der Waals surface area contributed by atoms with Gasteiger partial charge in [-0.25, -0.2) is 0 Å². The van der Waals surface area contributed by atoms with E-state index in [0.717, 1.165) is 18.9 Å². The molecule has 2 fully saturated rings. The van der Waals surface area contributed by atoms with Gasteiger partial charge in [-0.1, -0.05) is 12.8 Å². The third-order valence-electron chi connectivity index (χ3n) is 3.51. The van der Waals surface area contributed by atoms with Crippen LogP contribution in [-0.2, 0) is 0 Å². The summed E-state index contributed by atoms with van der Waals surface area (Å²) in [5.41, 5.74) is 0. The average Bonchev–Trinajstić information content (AvgIpc) is 2.67. The first-order valence-corrected chi connectivity index (χ1v) is 7.04. The Labute approximate surface area is 97.3 Å². The zero-order valence-electron chi connectivity index (χ0n) is 9.88. The standard InChI is InChI=1S/C12H22N2S/c1-12(2)9-14(7-8-15-12)11(13)10-5-3-4-6-10/h10,13H,3-9H2,1-2H3. The molecule has 0 spiro atoms. The third-order valence-corrected chi connectivity index (χ3v) is 4.81. The second-order valence-corrected chi connectivity index (χ2v) is 7.20. The van der Waals surface area contributed by atoms with Gasteiger partial charge in [-0.05, 0) is 26.7 Å². The van der Waals surface area contributed by atoms with Crippen molar-refractivity contribution < 1.29 is 0 Å². The van der Waals surface area contributed by atoms with E-state index in [-0.39, 0.29) is 0 Å². The zero-order chi connectivity index (χ0) is 10.9. The number of nitrogens with one attached hydrogen (secondary N) is 1. The molecule has 0 aromatic heterocycles. The van der Waals surface area contributed by atoms with Crippen LogP contribution in [0.15, 0.2) is 0 Å². The van der Waals surface area contributed by atoms with Gasteiger partial charge in [0.15, 0.2) is 0 Å². The molecule has 1 aliphatic heterocycles. The maximum absolute atomic E-state index is 8.27. The molecule has 0 atom stereocenters. The van der Waals surface area contributed by atoms with Crippen molar-refractivity contribution >= 4 is 17.6 Å². The van der Waals surface area contributed by atoms with Crippen LogP contribution >= 0.6 is 11.8 Å². The lowest BCUT2D eigenvalue weighted by Gasteiger charge is -2.40. The van der Waals surface area contributed by atoms with Crippen molar-refractivity contribution in [1.29, 1.82) is 5.41 Å². The van der Waals surface area contributed by atoms with Crippen LogP contribution in [0.2, 0.25) is 0 Å². The van der Waals surface area contributed by atoms with Gasteiger partial charge in [0, 0.05) is 29.5 Å². The lowest BCUT2D eigenvalue weighted by molar-refractivity contribution is 0.365. The van der Waals surface area contributed by atoms with Crippen LogP contribution in [-0.4, -0.2) is 34.3 Å². The van der Waals surface area contributed by atoms with E-state index in [4.69, 9.17) is 5.41 Å². The van der Waals surface area contributed by atoms with Crippen molar-refractivity contribution in [3.63, 3.8) is 0 Å². The summed E-state index contributed by atoms with van der Waals surface area (Å²) < 4.78 is 0.336. The topological polar surface area (TPSA) is 27.1 Å². The molecule has 1 aliphatic carbocycles. The first-order chi connectivity index (χ1) is 7.08. The highest BCUT2D eigenvalue weighted by Gasteiger charge is 2.31. The first kappa shape index (κ1) is 11.3. The predicted molar refractivity (Wildman–Crippen MR) is 67.8 cm³/mol. The summed E-state index contributed by atoms with van der Waals surface area (Å²) in [5.74, 6) is 2.69. The van der Waals surface area contributed by atoms with E-state index >= 15 is 0 Å². The van der Waals surface area contributed by atoms with E-state index in [1.807, 2.05) is 11.8 Å². The number of hydrogen-bond acceptors (Lipinski definition) is 2. The predicted octanol–water partition coefficient (Wildman–Crippen LogP) is 2.98. The summed E-state index contributed by atoms with van der Waals surface area (Å²) in [6.07, 6.45) is 5.17. The number of nitrogens with zero attached hydrogens (tertiary/aromatic N) is 1. The van der Waals surface area contributed by atoms with Gasteiger partial charge in [0.05, 0.1) is 5.84 Å². The van der Waals surface area contributed by atoms with Crippen molar-refractivity contribution in [2.45, 2.75) is 44.3 Å². The van der Waals surface area contributed by atoms with E-state index in [1.54, 1.807) is 0 Å². The van der Waals surface area contributed by atoms with Crippen molar-refractivity contribution in [3.8, 4) is 0 Å². The highest BCUT2D eigenvalue weighted by molar-refractivity contribution is 8.00. The minimum Gasteiger partial charge on any atom is -0.358 e. The number of thioether (sulfide) groups is 1. The molecule has 15 heavy (non-hydrogen) atoms. The van der Waals surface area contributed by atoms with Crippen molar-refractivity contribution in [2.75, 3.05) is 18.8 Å². The Hall–Kier alpha value is -0.180. The Balaban J connectivity index is 1.94. The second-order valence-electron chi connectivity index (χ2n) is 5.40. The molecule has 0 aromatic carbocycles. The largest absolute Gasteiger partial charge is 0.358 e. The molecule has 1 heterocycles. The van der Waals surface area contributed by atoms with Crippen LogP contribution in [0.4, 0.5) is 0 Å². The smallest absolute Gasteiger partial charge is 0.0990 e. The maximum atomic E-state index is 8.27. The molecule has 0 aromatic rings. The summed E-state index contributed by atoms with van der Waals surface area (Å²) in [4.78, 5) is 2.33. The van der Waals surface area contributed by atoms with Crippen LogP contribution in [0.3, 0.4) is 0 Å². The lowest BCUT2D eigenvalue weighted by Crippen LogP contribution is -2.47. The van der Waals surface area contributed by atoms with E-state index in [0.29, 0.717) is 10.7 Å². The normalized spacial score (nSPS) is 26.9. The fraction of sp³-hybridized carbons (Fsp3) is 0.917. The van der Waals surface area contributed by atoms with E-state index in [2.05, 4.69) is 18.7 Å². The van der Waals surface area contributed by atoms with E-state index in [9.17, 15) is 0 Å². The van der Waals surface area contributed by atoms with Crippen molar-refractivity contribution in [3.05, 3.63) is 0 Å². The average molecular weight is 226 g/mol. The van der Waals surface area contributed by atoms with E-state index < -0.39 is 0 Å². The van der Waals surface area contributed by atoms with Crippen LogP contribution < -0.4 is 0 Å².